The Morgan fingerprint density at radius 2 is 1.91 bits per heavy atom. The second-order valence-electron chi connectivity index (χ2n) is 2.37. The monoisotopic (exact) mass is 192 g/mol. The Balaban J connectivity index is 2.29. The van der Waals surface area contributed by atoms with Crippen molar-refractivity contribution in [2.75, 3.05) is 11.5 Å². The molecule has 0 spiro atoms. The topological polar surface area (TPSA) is 54.4 Å². The van der Waals surface area contributed by atoms with Gasteiger partial charge in [-0.05, 0) is 5.92 Å². The molecule has 5 heteroatoms. The molecule has 0 unspecified atom stereocenters. The van der Waals surface area contributed by atoms with Gasteiger partial charge >= 0.3 is 5.97 Å². The van der Waals surface area contributed by atoms with Crippen molar-refractivity contribution in [1.82, 2.24) is 0 Å². The molecule has 0 bridgehead atoms. The molecule has 62 valence electrons. The van der Waals surface area contributed by atoms with Crippen LogP contribution in [0.15, 0.2) is 0 Å². The Morgan fingerprint density at radius 3 is 2.36 bits per heavy atom. The third-order valence-corrected chi connectivity index (χ3v) is 4.10. The van der Waals surface area contributed by atoms with E-state index in [9.17, 15) is 9.59 Å². The van der Waals surface area contributed by atoms with Crippen molar-refractivity contribution >= 4 is 33.3 Å². The Morgan fingerprint density at radius 1 is 1.36 bits per heavy atom. The largest absolute Gasteiger partial charge is 0.476 e. The molecule has 0 radical (unpaired) electrons. The van der Waals surface area contributed by atoms with Crippen LogP contribution in [0.25, 0.3) is 0 Å². The van der Waals surface area contributed by atoms with Crippen LogP contribution in [-0.2, 0) is 9.59 Å². The van der Waals surface area contributed by atoms with E-state index >= 15 is 0 Å². The summed E-state index contributed by atoms with van der Waals surface area (Å²) in [5.74, 6) is 0.131. The van der Waals surface area contributed by atoms with Crippen molar-refractivity contribution < 1.29 is 14.7 Å². The summed E-state index contributed by atoms with van der Waals surface area (Å²) in [4.78, 5) is 20.8. The molecule has 1 aliphatic rings. The minimum absolute atomic E-state index is 0.204. The molecule has 1 rings (SSSR count). The number of carbonyl (C=O) groups is 2. The summed E-state index contributed by atoms with van der Waals surface area (Å²) in [5.41, 5.74) is 0. The molecule has 1 fully saturated rings. The van der Waals surface area contributed by atoms with Gasteiger partial charge < -0.3 is 5.11 Å². The van der Waals surface area contributed by atoms with E-state index in [2.05, 4.69) is 0 Å². The molecule has 0 aromatic heterocycles. The van der Waals surface area contributed by atoms with Gasteiger partial charge in [-0.25, -0.2) is 4.79 Å². The maximum atomic E-state index is 10.7. The summed E-state index contributed by atoms with van der Waals surface area (Å²) in [6, 6.07) is 0. The number of carboxylic acids is 1. The fourth-order valence-electron chi connectivity index (χ4n) is 0.804. The van der Waals surface area contributed by atoms with Crippen LogP contribution >= 0.6 is 21.6 Å². The van der Waals surface area contributed by atoms with Gasteiger partial charge in [0.2, 0.25) is 5.78 Å². The molecule has 0 aromatic carbocycles. The van der Waals surface area contributed by atoms with E-state index in [1.807, 2.05) is 0 Å². The standard InChI is InChI=1S/C6H8O3S2/c7-5(6(8)9)1-4-2-10-11-3-4/h4H,1-3H2,(H,8,9). The summed E-state index contributed by atoms with van der Waals surface area (Å²) in [6.07, 6.45) is 0.204. The Kier molecular flexibility index (Phi) is 3.26. The van der Waals surface area contributed by atoms with Crippen LogP contribution in [0.5, 0.6) is 0 Å². The number of carboxylic acid groups (broad SMARTS) is 1. The van der Waals surface area contributed by atoms with Crippen LogP contribution in [0.2, 0.25) is 0 Å². The van der Waals surface area contributed by atoms with E-state index in [0.717, 1.165) is 11.5 Å². The highest BCUT2D eigenvalue weighted by molar-refractivity contribution is 8.77. The van der Waals surface area contributed by atoms with E-state index in [4.69, 9.17) is 5.11 Å². The maximum absolute atomic E-state index is 10.7. The zero-order valence-electron chi connectivity index (χ0n) is 5.78. The molecule has 1 N–H and O–H groups in total. The lowest BCUT2D eigenvalue weighted by Gasteiger charge is -2.01. The number of hydrogen-bond acceptors (Lipinski definition) is 4. The fourth-order valence-corrected chi connectivity index (χ4v) is 3.73. The number of ketones is 1. The summed E-state index contributed by atoms with van der Waals surface area (Å²) >= 11 is 0. The minimum atomic E-state index is -1.30. The third kappa shape index (κ3) is 2.75. The van der Waals surface area contributed by atoms with Crippen molar-refractivity contribution in [2.45, 2.75) is 6.42 Å². The predicted molar refractivity (Wildman–Crippen MR) is 45.7 cm³/mol. The number of aliphatic carboxylic acids is 1. The zero-order chi connectivity index (χ0) is 8.27. The van der Waals surface area contributed by atoms with Gasteiger partial charge in [0.1, 0.15) is 0 Å². The van der Waals surface area contributed by atoms with Crippen molar-refractivity contribution in [3.05, 3.63) is 0 Å². The Bertz CT molecular complexity index is 175. The molecule has 0 aromatic rings. The van der Waals surface area contributed by atoms with Crippen LogP contribution in [0.4, 0.5) is 0 Å². The molecule has 1 heterocycles. The smallest absolute Gasteiger partial charge is 0.372 e. The zero-order valence-corrected chi connectivity index (χ0v) is 7.41. The van der Waals surface area contributed by atoms with Gasteiger partial charge in [-0.3, -0.25) is 4.79 Å². The first-order valence-corrected chi connectivity index (χ1v) is 5.69. The van der Waals surface area contributed by atoms with Crippen molar-refractivity contribution in [3.63, 3.8) is 0 Å². The van der Waals surface area contributed by atoms with Crippen LogP contribution in [0.3, 0.4) is 0 Å². The van der Waals surface area contributed by atoms with Crippen LogP contribution in [0, 0.1) is 5.92 Å². The van der Waals surface area contributed by atoms with E-state index in [1.54, 1.807) is 21.6 Å². The molecule has 0 aliphatic carbocycles. The molecule has 0 amide bonds. The first kappa shape index (κ1) is 8.93. The highest BCUT2D eigenvalue weighted by atomic mass is 33.1. The van der Waals surface area contributed by atoms with Crippen molar-refractivity contribution in [3.8, 4) is 0 Å². The number of rotatable bonds is 3. The number of hydrogen-bond donors (Lipinski definition) is 1. The van der Waals surface area contributed by atoms with Gasteiger partial charge in [0.25, 0.3) is 0 Å². The van der Waals surface area contributed by atoms with E-state index in [1.165, 1.54) is 0 Å². The Hall–Kier alpha value is -0.160. The number of Topliss-reactive ketones (excluding diaryl/α,β-unsaturated/α-hetero) is 1. The fraction of sp³-hybridized carbons (Fsp3) is 0.667. The molecule has 0 atom stereocenters. The van der Waals surface area contributed by atoms with Gasteiger partial charge in [0.15, 0.2) is 0 Å². The molecule has 1 saturated heterocycles. The summed E-state index contributed by atoms with van der Waals surface area (Å²) in [7, 11) is 3.41. The highest BCUT2D eigenvalue weighted by Crippen LogP contribution is 2.36. The molecular weight excluding hydrogens is 184 g/mol. The van der Waals surface area contributed by atoms with Gasteiger partial charge in [-0.2, -0.15) is 0 Å². The molecular formula is C6H8O3S2. The molecule has 1 aliphatic heterocycles. The number of carbonyl (C=O) groups excluding carboxylic acids is 1. The van der Waals surface area contributed by atoms with Crippen LogP contribution in [0.1, 0.15) is 6.42 Å². The van der Waals surface area contributed by atoms with Crippen LogP contribution < -0.4 is 0 Å². The second kappa shape index (κ2) is 4.01. The maximum Gasteiger partial charge on any atom is 0.372 e. The summed E-state index contributed by atoms with van der Waals surface area (Å²) in [6.45, 7) is 0. The first-order chi connectivity index (χ1) is 5.20. The van der Waals surface area contributed by atoms with E-state index in [0.29, 0.717) is 0 Å². The average Bonchev–Trinajstić information content (AvgIpc) is 2.39. The highest BCUT2D eigenvalue weighted by Gasteiger charge is 2.22. The summed E-state index contributed by atoms with van der Waals surface area (Å²) in [5, 5.41) is 8.28. The Labute approximate surface area is 72.3 Å². The van der Waals surface area contributed by atoms with Gasteiger partial charge in [0.05, 0.1) is 0 Å². The lowest BCUT2D eigenvalue weighted by atomic mass is 10.1. The first-order valence-electron chi connectivity index (χ1n) is 3.20. The van der Waals surface area contributed by atoms with Crippen molar-refractivity contribution in [2.24, 2.45) is 5.92 Å². The second-order valence-corrected chi connectivity index (χ2v) is 4.92. The van der Waals surface area contributed by atoms with E-state index < -0.39 is 11.8 Å². The minimum Gasteiger partial charge on any atom is -0.476 e. The normalized spacial score (nSPS) is 18.5. The van der Waals surface area contributed by atoms with Gasteiger partial charge in [-0.1, -0.05) is 21.6 Å². The van der Waals surface area contributed by atoms with Gasteiger partial charge in [0, 0.05) is 17.9 Å². The lowest BCUT2D eigenvalue weighted by molar-refractivity contribution is -0.149. The quantitative estimate of drug-likeness (QED) is 0.535. The van der Waals surface area contributed by atoms with E-state index in [-0.39, 0.29) is 12.3 Å². The van der Waals surface area contributed by atoms with Crippen LogP contribution in [-0.4, -0.2) is 28.4 Å². The predicted octanol–water partition coefficient (Wildman–Crippen LogP) is 1.04. The molecule has 0 saturated carbocycles. The van der Waals surface area contributed by atoms with Gasteiger partial charge in [-0.15, -0.1) is 0 Å². The third-order valence-electron chi connectivity index (χ3n) is 1.40. The SMILES string of the molecule is O=C(O)C(=O)CC1CSSC1. The summed E-state index contributed by atoms with van der Waals surface area (Å²) < 4.78 is 0. The molecule has 3 nitrogen and oxygen atoms in total. The average molecular weight is 192 g/mol. The molecule has 11 heavy (non-hydrogen) atoms. The van der Waals surface area contributed by atoms with Crippen molar-refractivity contribution in [1.29, 1.82) is 0 Å². The lowest BCUT2D eigenvalue weighted by Crippen LogP contribution is -2.17.